The number of ketones is 1. The smallest absolute Gasteiger partial charge is 0.287 e. The topological polar surface area (TPSA) is 106 Å². The molecular formula is C25H20N4O3. The summed E-state index contributed by atoms with van der Waals surface area (Å²) in [6, 6.07) is 22.5. The molecule has 0 saturated heterocycles. The Morgan fingerprint density at radius 2 is 1.66 bits per heavy atom. The third-order valence-electron chi connectivity index (χ3n) is 5.17. The highest BCUT2D eigenvalue weighted by molar-refractivity contribution is 6.38. The molecule has 158 valence electrons. The quantitative estimate of drug-likeness (QED) is 0.346. The first-order valence-electron chi connectivity index (χ1n) is 10.0. The van der Waals surface area contributed by atoms with Crippen LogP contribution in [0, 0.1) is 0 Å². The van der Waals surface area contributed by atoms with Crippen molar-refractivity contribution < 1.29 is 14.4 Å². The van der Waals surface area contributed by atoms with E-state index in [0.29, 0.717) is 34.4 Å². The van der Waals surface area contributed by atoms with Gasteiger partial charge in [0.05, 0.1) is 22.6 Å². The van der Waals surface area contributed by atoms with Crippen LogP contribution in [-0.2, 0) is 20.8 Å². The van der Waals surface area contributed by atoms with Crippen LogP contribution in [0.25, 0.3) is 22.3 Å². The van der Waals surface area contributed by atoms with Crippen LogP contribution in [-0.4, -0.2) is 34.1 Å². The van der Waals surface area contributed by atoms with Crippen molar-refractivity contribution in [2.24, 2.45) is 5.73 Å². The number of rotatable bonds is 8. The van der Waals surface area contributed by atoms with E-state index in [0.717, 1.165) is 5.56 Å². The molecule has 7 heteroatoms. The van der Waals surface area contributed by atoms with E-state index in [4.69, 9.17) is 5.73 Å². The average molecular weight is 424 g/mol. The Labute approximate surface area is 184 Å². The van der Waals surface area contributed by atoms with Gasteiger partial charge in [0.2, 0.25) is 12.2 Å². The lowest BCUT2D eigenvalue weighted by Crippen LogP contribution is -2.47. The zero-order chi connectivity index (χ0) is 22.5. The zero-order valence-electron chi connectivity index (χ0n) is 17.1. The van der Waals surface area contributed by atoms with E-state index in [1.807, 2.05) is 66.7 Å². The van der Waals surface area contributed by atoms with E-state index in [2.05, 4.69) is 9.97 Å². The number of Topliss-reactive ketones (excluding diaryl/α,β-unsaturated/α-hetero) is 1. The van der Waals surface area contributed by atoms with Gasteiger partial charge in [-0.3, -0.25) is 19.4 Å². The lowest BCUT2D eigenvalue weighted by atomic mass is 9.99. The number of hydrogen-bond donors (Lipinski definition) is 1. The molecular weight excluding hydrogens is 404 g/mol. The van der Waals surface area contributed by atoms with Gasteiger partial charge < -0.3 is 10.6 Å². The highest BCUT2D eigenvalue weighted by Crippen LogP contribution is 2.31. The summed E-state index contributed by atoms with van der Waals surface area (Å²) in [6.45, 7) is 0. The fourth-order valence-corrected chi connectivity index (χ4v) is 3.63. The first-order valence-corrected chi connectivity index (χ1v) is 10.0. The lowest BCUT2D eigenvalue weighted by Gasteiger charge is -2.28. The predicted molar refractivity (Wildman–Crippen MR) is 122 cm³/mol. The number of fused-ring (bicyclic) bond motifs is 1. The van der Waals surface area contributed by atoms with Crippen LogP contribution in [0.3, 0.4) is 0 Å². The highest BCUT2D eigenvalue weighted by atomic mass is 16.2. The van der Waals surface area contributed by atoms with Gasteiger partial charge in [-0.1, -0.05) is 54.6 Å². The Hall–Kier alpha value is -4.39. The number of pyridine rings is 2. The number of carbonyl (C=O) groups is 3. The zero-order valence-corrected chi connectivity index (χ0v) is 17.1. The molecule has 0 aliphatic carbocycles. The minimum Gasteiger partial charge on any atom is -0.363 e. The van der Waals surface area contributed by atoms with E-state index in [-0.39, 0.29) is 6.42 Å². The number of para-hydroxylation sites is 1. The molecule has 1 unspecified atom stereocenters. The molecule has 2 heterocycles. The number of carbonyl (C=O) groups excluding carboxylic acids is 3. The molecule has 0 aliphatic heterocycles. The summed E-state index contributed by atoms with van der Waals surface area (Å²) in [5, 5.41) is 0.662. The van der Waals surface area contributed by atoms with Gasteiger partial charge in [0.15, 0.2) is 0 Å². The summed E-state index contributed by atoms with van der Waals surface area (Å²) in [7, 11) is 0. The Morgan fingerprint density at radius 1 is 0.938 bits per heavy atom. The van der Waals surface area contributed by atoms with Crippen LogP contribution >= 0.6 is 0 Å². The van der Waals surface area contributed by atoms with Gasteiger partial charge in [0, 0.05) is 18.0 Å². The molecule has 0 bridgehead atoms. The van der Waals surface area contributed by atoms with Gasteiger partial charge in [-0.15, -0.1) is 0 Å². The number of primary amides is 1. The summed E-state index contributed by atoms with van der Waals surface area (Å²) in [6.07, 6.45) is 2.34. The highest BCUT2D eigenvalue weighted by Gasteiger charge is 2.31. The Bertz CT molecular complexity index is 1280. The van der Waals surface area contributed by atoms with Crippen LogP contribution in [0.4, 0.5) is 5.69 Å². The summed E-state index contributed by atoms with van der Waals surface area (Å²) in [5.74, 6) is -1.94. The van der Waals surface area contributed by atoms with Gasteiger partial charge in [0.1, 0.15) is 6.04 Å². The standard InChI is InChI=1S/C25H20N4O3/c26-25(32)24(31)23(14-17-8-2-1-3-9-17)29(16-30)22-15-21(20-12-6-7-13-27-20)28-19-11-5-4-10-18(19)22/h1-13,15-16,23H,14H2,(H2,26,32). The van der Waals surface area contributed by atoms with Crippen molar-refractivity contribution in [3.63, 3.8) is 0 Å². The third kappa shape index (κ3) is 4.22. The van der Waals surface area contributed by atoms with Crippen molar-refractivity contribution in [3.05, 3.63) is 90.6 Å². The number of anilines is 1. The fraction of sp³-hybridized carbons (Fsp3) is 0.0800. The minimum atomic E-state index is -1.10. The third-order valence-corrected chi connectivity index (χ3v) is 5.17. The van der Waals surface area contributed by atoms with Crippen molar-refractivity contribution >= 4 is 34.7 Å². The monoisotopic (exact) mass is 424 g/mol. The normalized spacial score (nSPS) is 11.6. The van der Waals surface area contributed by atoms with Crippen LogP contribution in [0.2, 0.25) is 0 Å². The summed E-state index contributed by atoms with van der Waals surface area (Å²) in [5.41, 5.74) is 8.36. The SMILES string of the molecule is NC(=O)C(=O)C(Cc1ccccc1)N(C=O)c1cc(-c2ccccn2)nc2ccccc12. The number of nitrogens with zero attached hydrogens (tertiary/aromatic N) is 3. The second-order valence-electron chi connectivity index (χ2n) is 7.21. The maximum absolute atomic E-state index is 12.8. The second-order valence-corrected chi connectivity index (χ2v) is 7.21. The van der Waals surface area contributed by atoms with Crippen LogP contribution in [0.1, 0.15) is 5.56 Å². The molecule has 2 amide bonds. The summed E-state index contributed by atoms with van der Waals surface area (Å²) >= 11 is 0. The molecule has 0 aliphatic rings. The molecule has 4 rings (SSSR count). The summed E-state index contributed by atoms with van der Waals surface area (Å²) in [4.78, 5) is 47.3. The molecule has 2 aromatic heterocycles. The van der Waals surface area contributed by atoms with Gasteiger partial charge >= 0.3 is 0 Å². The number of benzene rings is 2. The molecule has 1 atom stereocenters. The van der Waals surface area contributed by atoms with Crippen molar-refractivity contribution in [1.29, 1.82) is 0 Å². The van der Waals surface area contributed by atoms with Crippen molar-refractivity contribution in [2.75, 3.05) is 4.90 Å². The average Bonchev–Trinajstić information content (AvgIpc) is 2.84. The molecule has 0 fully saturated rings. The predicted octanol–water partition coefficient (Wildman–Crippen LogP) is 2.93. The Morgan fingerprint density at radius 3 is 2.34 bits per heavy atom. The molecule has 4 aromatic rings. The molecule has 0 saturated carbocycles. The van der Waals surface area contributed by atoms with Crippen LogP contribution in [0.15, 0.2) is 85.1 Å². The number of hydrogen-bond acceptors (Lipinski definition) is 5. The minimum absolute atomic E-state index is 0.136. The Kier molecular flexibility index (Phi) is 5.98. The Balaban J connectivity index is 1.89. The number of nitrogens with two attached hydrogens (primary N) is 1. The second kappa shape index (κ2) is 9.18. The van der Waals surface area contributed by atoms with E-state index in [1.165, 1.54) is 4.90 Å². The van der Waals surface area contributed by atoms with Crippen molar-refractivity contribution in [2.45, 2.75) is 12.5 Å². The largest absolute Gasteiger partial charge is 0.363 e. The molecule has 0 spiro atoms. The lowest BCUT2D eigenvalue weighted by molar-refractivity contribution is -0.137. The first kappa shape index (κ1) is 20.9. The maximum Gasteiger partial charge on any atom is 0.287 e. The number of aromatic nitrogens is 2. The first-order chi connectivity index (χ1) is 15.6. The summed E-state index contributed by atoms with van der Waals surface area (Å²) < 4.78 is 0. The van der Waals surface area contributed by atoms with Crippen LogP contribution in [0.5, 0.6) is 0 Å². The van der Waals surface area contributed by atoms with Gasteiger partial charge in [-0.05, 0) is 29.8 Å². The van der Waals surface area contributed by atoms with Crippen LogP contribution < -0.4 is 10.6 Å². The molecule has 32 heavy (non-hydrogen) atoms. The molecule has 7 nitrogen and oxygen atoms in total. The van der Waals surface area contributed by atoms with Crippen molar-refractivity contribution in [3.8, 4) is 11.4 Å². The van der Waals surface area contributed by atoms with Crippen molar-refractivity contribution in [1.82, 2.24) is 9.97 Å². The van der Waals surface area contributed by atoms with E-state index in [9.17, 15) is 14.4 Å². The van der Waals surface area contributed by atoms with E-state index >= 15 is 0 Å². The molecule has 2 aromatic carbocycles. The van der Waals surface area contributed by atoms with Gasteiger partial charge in [-0.25, -0.2) is 4.98 Å². The number of amides is 2. The van der Waals surface area contributed by atoms with E-state index < -0.39 is 17.7 Å². The fourth-order valence-electron chi connectivity index (χ4n) is 3.63. The van der Waals surface area contributed by atoms with E-state index in [1.54, 1.807) is 18.3 Å². The molecule has 0 radical (unpaired) electrons. The van der Waals surface area contributed by atoms with Gasteiger partial charge in [0.25, 0.3) is 5.91 Å². The van der Waals surface area contributed by atoms with Gasteiger partial charge in [-0.2, -0.15) is 0 Å². The maximum atomic E-state index is 12.8. The molecule has 2 N–H and O–H groups in total.